The van der Waals surface area contributed by atoms with E-state index in [1.807, 2.05) is 0 Å². The smallest absolute Gasteiger partial charge is 0.148 e. The highest BCUT2D eigenvalue weighted by Gasteiger charge is 2.11. The zero-order valence-corrected chi connectivity index (χ0v) is 7.97. The lowest BCUT2D eigenvalue weighted by Gasteiger charge is -2.13. The Kier molecular flexibility index (Phi) is 4.06. The maximum atomic E-state index is 9.26. The van der Waals surface area contributed by atoms with Crippen molar-refractivity contribution >= 4 is 16.8 Å². The monoisotopic (exact) mass is 191 g/mol. The van der Waals surface area contributed by atoms with Crippen molar-refractivity contribution in [2.24, 2.45) is 16.5 Å². The summed E-state index contributed by atoms with van der Waals surface area (Å²) in [5, 5.41) is 9.39. The Hall–Kier alpha value is -0.740. The normalized spacial score (nSPS) is 15.0. The van der Waals surface area contributed by atoms with Crippen LogP contribution in [0.3, 0.4) is 0 Å². The first kappa shape index (κ1) is 11.3. The van der Waals surface area contributed by atoms with Gasteiger partial charge in [-0.25, -0.2) is 0 Å². The van der Waals surface area contributed by atoms with Crippen molar-refractivity contribution in [3.05, 3.63) is 11.9 Å². The molecular formula is C7H14ClN3O. The van der Waals surface area contributed by atoms with Crippen LogP contribution < -0.4 is 11.5 Å². The fraction of sp³-hybridized carbons (Fsp3) is 0.571. The summed E-state index contributed by atoms with van der Waals surface area (Å²) in [5.74, 6) is 0. The standard InChI is InChI=1S/C7H14ClN3O/c1-7(2,12)4-11-6(8)5(10)3-9/h3,12H,4,9-10H2,1-2H3. The van der Waals surface area contributed by atoms with E-state index in [4.69, 9.17) is 23.1 Å². The summed E-state index contributed by atoms with van der Waals surface area (Å²) < 4.78 is 0. The second kappa shape index (κ2) is 4.33. The second-order valence-corrected chi connectivity index (χ2v) is 3.40. The van der Waals surface area contributed by atoms with Gasteiger partial charge in [0, 0.05) is 6.20 Å². The van der Waals surface area contributed by atoms with E-state index >= 15 is 0 Å². The molecule has 4 nitrogen and oxygen atoms in total. The van der Waals surface area contributed by atoms with Crippen LogP contribution in [0, 0.1) is 0 Å². The molecule has 0 heterocycles. The molecule has 5 N–H and O–H groups in total. The van der Waals surface area contributed by atoms with Gasteiger partial charge in [-0.1, -0.05) is 11.6 Å². The molecule has 0 saturated heterocycles. The Balaban J connectivity index is 4.20. The molecule has 0 atom stereocenters. The molecule has 0 aromatic rings. The molecule has 5 heteroatoms. The average Bonchev–Trinajstić information content (AvgIpc) is 1.97. The van der Waals surface area contributed by atoms with Gasteiger partial charge in [0.1, 0.15) is 5.17 Å². The Morgan fingerprint density at radius 2 is 2.17 bits per heavy atom. The zero-order chi connectivity index (χ0) is 9.78. The number of aliphatic hydroxyl groups is 1. The first-order chi connectivity index (χ1) is 5.37. The summed E-state index contributed by atoms with van der Waals surface area (Å²) in [5.41, 5.74) is 9.76. The van der Waals surface area contributed by atoms with Crippen molar-refractivity contribution in [2.75, 3.05) is 6.54 Å². The molecule has 70 valence electrons. The summed E-state index contributed by atoms with van der Waals surface area (Å²) in [6.45, 7) is 3.45. The van der Waals surface area contributed by atoms with Crippen molar-refractivity contribution in [1.29, 1.82) is 0 Å². The summed E-state index contributed by atoms with van der Waals surface area (Å²) >= 11 is 5.60. The van der Waals surface area contributed by atoms with Gasteiger partial charge in [0.05, 0.1) is 17.8 Å². The van der Waals surface area contributed by atoms with Gasteiger partial charge in [0.2, 0.25) is 0 Å². The minimum Gasteiger partial charge on any atom is -0.403 e. The van der Waals surface area contributed by atoms with E-state index in [1.165, 1.54) is 0 Å². The van der Waals surface area contributed by atoms with Gasteiger partial charge in [0.25, 0.3) is 0 Å². The molecule has 0 bridgehead atoms. The minimum absolute atomic E-state index is 0.125. The first-order valence-electron chi connectivity index (χ1n) is 3.47. The molecule has 0 amide bonds. The lowest BCUT2D eigenvalue weighted by molar-refractivity contribution is 0.0905. The Labute approximate surface area is 76.9 Å². The van der Waals surface area contributed by atoms with Crippen LogP contribution in [0.5, 0.6) is 0 Å². The molecule has 0 rings (SSSR count). The summed E-state index contributed by atoms with van der Waals surface area (Å²) in [7, 11) is 0. The summed E-state index contributed by atoms with van der Waals surface area (Å²) in [6, 6.07) is 0. The number of rotatable bonds is 3. The molecule has 0 aliphatic rings. The van der Waals surface area contributed by atoms with Crippen LogP contribution in [0.1, 0.15) is 13.8 Å². The predicted molar refractivity (Wildman–Crippen MR) is 50.9 cm³/mol. The number of nitrogens with two attached hydrogens (primary N) is 2. The van der Waals surface area contributed by atoms with Crippen molar-refractivity contribution in [1.82, 2.24) is 0 Å². The minimum atomic E-state index is -0.880. The zero-order valence-electron chi connectivity index (χ0n) is 7.21. The molecule has 0 aromatic carbocycles. The Bertz CT molecular complexity index is 205. The lowest BCUT2D eigenvalue weighted by atomic mass is 10.1. The highest BCUT2D eigenvalue weighted by molar-refractivity contribution is 6.69. The van der Waals surface area contributed by atoms with E-state index in [0.29, 0.717) is 0 Å². The molecular weight excluding hydrogens is 178 g/mol. The SMILES string of the molecule is CC(C)(O)CN=C(Cl)C(N)=CN. The number of allylic oxidation sites excluding steroid dienone is 1. The van der Waals surface area contributed by atoms with Crippen molar-refractivity contribution in [3.63, 3.8) is 0 Å². The van der Waals surface area contributed by atoms with E-state index in [9.17, 15) is 5.11 Å². The average molecular weight is 192 g/mol. The maximum Gasteiger partial charge on any atom is 0.148 e. The predicted octanol–water partition coefficient (Wildman–Crippen LogP) is 0.153. The van der Waals surface area contributed by atoms with Gasteiger partial charge in [-0.15, -0.1) is 0 Å². The molecule has 0 radical (unpaired) electrons. The van der Waals surface area contributed by atoms with Gasteiger partial charge in [0.15, 0.2) is 0 Å². The topological polar surface area (TPSA) is 84.6 Å². The second-order valence-electron chi connectivity index (χ2n) is 3.04. The highest BCUT2D eigenvalue weighted by Crippen LogP contribution is 2.03. The quantitative estimate of drug-likeness (QED) is 0.556. The fourth-order valence-corrected chi connectivity index (χ4v) is 0.546. The van der Waals surface area contributed by atoms with Crippen LogP contribution in [-0.2, 0) is 0 Å². The third kappa shape index (κ3) is 4.98. The molecule has 12 heavy (non-hydrogen) atoms. The maximum absolute atomic E-state index is 9.26. The molecule has 0 spiro atoms. The number of nitrogens with zero attached hydrogens (tertiary/aromatic N) is 1. The van der Waals surface area contributed by atoms with Gasteiger partial charge in [-0.05, 0) is 13.8 Å². The van der Waals surface area contributed by atoms with Crippen LogP contribution >= 0.6 is 11.6 Å². The highest BCUT2D eigenvalue weighted by atomic mass is 35.5. The molecule has 0 saturated carbocycles. The third-order valence-corrected chi connectivity index (χ3v) is 1.36. The van der Waals surface area contributed by atoms with Crippen LogP contribution in [0.25, 0.3) is 0 Å². The van der Waals surface area contributed by atoms with Gasteiger partial charge >= 0.3 is 0 Å². The van der Waals surface area contributed by atoms with Crippen LogP contribution in [0.15, 0.2) is 16.9 Å². The van der Waals surface area contributed by atoms with Crippen LogP contribution in [0.4, 0.5) is 0 Å². The Morgan fingerprint density at radius 3 is 2.50 bits per heavy atom. The van der Waals surface area contributed by atoms with Crippen LogP contribution in [0.2, 0.25) is 0 Å². The molecule has 0 aliphatic carbocycles. The van der Waals surface area contributed by atoms with E-state index < -0.39 is 5.60 Å². The van der Waals surface area contributed by atoms with Crippen molar-refractivity contribution in [3.8, 4) is 0 Å². The van der Waals surface area contributed by atoms with Crippen molar-refractivity contribution < 1.29 is 5.11 Å². The summed E-state index contributed by atoms with van der Waals surface area (Å²) in [4.78, 5) is 3.82. The Morgan fingerprint density at radius 1 is 1.67 bits per heavy atom. The number of aliphatic imine (C=N–C) groups is 1. The van der Waals surface area contributed by atoms with Crippen molar-refractivity contribution in [2.45, 2.75) is 19.4 Å². The first-order valence-corrected chi connectivity index (χ1v) is 3.84. The van der Waals surface area contributed by atoms with E-state index in [-0.39, 0.29) is 17.4 Å². The number of hydrogen-bond acceptors (Lipinski definition) is 4. The van der Waals surface area contributed by atoms with Crippen LogP contribution in [-0.4, -0.2) is 22.4 Å². The van der Waals surface area contributed by atoms with Gasteiger partial charge in [-0.2, -0.15) is 0 Å². The number of halogens is 1. The summed E-state index contributed by atoms with van der Waals surface area (Å²) in [6.07, 6.45) is 1.16. The van der Waals surface area contributed by atoms with Gasteiger partial charge in [-0.3, -0.25) is 4.99 Å². The number of hydrogen-bond donors (Lipinski definition) is 3. The molecule has 0 aliphatic heterocycles. The molecule has 0 unspecified atom stereocenters. The third-order valence-electron chi connectivity index (χ3n) is 1.02. The van der Waals surface area contributed by atoms with E-state index in [1.54, 1.807) is 13.8 Å². The molecule has 0 fully saturated rings. The molecule has 0 aromatic heterocycles. The van der Waals surface area contributed by atoms with E-state index in [2.05, 4.69) is 4.99 Å². The van der Waals surface area contributed by atoms with E-state index in [0.717, 1.165) is 6.20 Å². The van der Waals surface area contributed by atoms with Gasteiger partial charge < -0.3 is 16.6 Å². The lowest BCUT2D eigenvalue weighted by Crippen LogP contribution is -2.23. The fourth-order valence-electron chi connectivity index (χ4n) is 0.423. The largest absolute Gasteiger partial charge is 0.403 e.